The third-order valence-electron chi connectivity index (χ3n) is 3.63. The SMILES string of the molecule is C=CCN1C(=O)/C(=C\c2ccc(OC)cc2OC)SC1=Nc1nnc(C)s1. The van der Waals surface area contributed by atoms with E-state index in [2.05, 4.69) is 21.8 Å². The molecule has 0 radical (unpaired) electrons. The molecule has 2 aromatic rings. The zero-order valence-corrected chi connectivity index (χ0v) is 16.8. The maximum atomic E-state index is 12.8. The van der Waals surface area contributed by atoms with Crippen molar-refractivity contribution in [2.24, 2.45) is 4.99 Å². The zero-order chi connectivity index (χ0) is 19.4. The van der Waals surface area contributed by atoms with E-state index in [1.165, 1.54) is 23.1 Å². The Morgan fingerprint density at radius 3 is 2.74 bits per heavy atom. The fourth-order valence-electron chi connectivity index (χ4n) is 2.37. The number of amides is 1. The monoisotopic (exact) mass is 402 g/mol. The Bertz CT molecular complexity index is 936. The van der Waals surface area contributed by atoms with Crippen LogP contribution in [0.4, 0.5) is 5.13 Å². The summed E-state index contributed by atoms with van der Waals surface area (Å²) >= 11 is 2.66. The Morgan fingerprint density at radius 2 is 2.11 bits per heavy atom. The number of methoxy groups -OCH3 is 2. The van der Waals surface area contributed by atoms with Crippen LogP contribution in [0, 0.1) is 6.92 Å². The van der Waals surface area contributed by atoms with E-state index in [1.807, 2.05) is 19.1 Å². The maximum absolute atomic E-state index is 12.8. The molecule has 1 aliphatic rings. The highest BCUT2D eigenvalue weighted by molar-refractivity contribution is 8.18. The van der Waals surface area contributed by atoms with Gasteiger partial charge in [0.1, 0.15) is 16.5 Å². The third kappa shape index (κ3) is 4.20. The Labute approximate surface area is 165 Å². The van der Waals surface area contributed by atoms with E-state index < -0.39 is 0 Å². The first kappa shape index (κ1) is 19.1. The molecule has 0 unspecified atom stereocenters. The van der Waals surface area contributed by atoms with Crippen molar-refractivity contribution in [3.05, 3.63) is 46.3 Å². The molecule has 1 saturated heterocycles. The number of carbonyl (C=O) groups excluding carboxylic acids is 1. The minimum atomic E-state index is -0.141. The number of aliphatic imine (C=N–C) groups is 1. The summed E-state index contributed by atoms with van der Waals surface area (Å²) in [6.07, 6.45) is 3.45. The first-order valence-electron chi connectivity index (χ1n) is 7.99. The number of aryl methyl sites for hydroxylation is 1. The first-order valence-corrected chi connectivity index (χ1v) is 9.62. The van der Waals surface area contributed by atoms with E-state index >= 15 is 0 Å². The van der Waals surface area contributed by atoms with Crippen molar-refractivity contribution in [1.29, 1.82) is 0 Å². The molecule has 1 fully saturated rings. The number of benzene rings is 1. The van der Waals surface area contributed by atoms with Crippen LogP contribution in [0.3, 0.4) is 0 Å². The molecule has 1 aromatic carbocycles. The molecule has 3 rings (SSSR count). The van der Waals surface area contributed by atoms with Crippen LogP contribution in [0.1, 0.15) is 10.6 Å². The van der Waals surface area contributed by atoms with Gasteiger partial charge in [-0.1, -0.05) is 17.4 Å². The second-order valence-electron chi connectivity index (χ2n) is 5.42. The highest BCUT2D eigenvalue weighted by atomic mass is 32.2. The number of hydrogen-bond donors (Lipinski definition) is 0. The number of thioether (sulfide) groups is 1. The zero-order valence-electron chi connectivity index (χ0n) is 15.1. The summed E-state index contributed by atoms with van der Waals surface area (Å²) < 4.78 is 10.6. The van der Waals surface area contributed by atoms with Crippen LogP contribution >= 0.6 is 23.1 Å². The molecular formula is C18H18N4O3S2. The number of hydrogen-bond acceptors (Lipinski definition) is 8. The van der Waals surface area contributed by atoms with Gasteiger partial charge in [0.15, 0.2) is 5.17 Å². The van der Waals surface area contributed by atoms with Gasteiger partial charge in [0.2, 0.25) is 5.13 Å². The molecule has 0 N–H and O–H groups in total. The molecule has 27 heavy (non-hydrogen) atoms. The third-order valence-corrected chi connectivity index (χ3v) is 5.37. The number of nitrogens with zero attached hydrogens (tertiary/aromatic N) is 4. The van der Waals surface area contributed by atoms with E-state index in [4.69, 9.17) is 9.47 Å². The van der Waals surface area contributed by atoms with Crippen LogP contribution < -0.4 is 9.47 Å². The van der Waals surface area contributed by atoms with Crippen LogP contribution in [-0.4, -0.2) is 46.9 Å². The Kier molecular flexibility index (Phi) is 5.92. The van der Waals surface area contributed by atoms with Crippen molar-refractivity contribution < 1.29 is 14.3 Å². The lowest BCUT2D eigenvalue weighted by atomic mass is 10.1. The highest BCUT2D eigenvalue weighted by Crippen LogP contribution is 2.36. The highest BCUT2D eigenvalue weighted by Gasteiger charge is 2.33. The van der Waals surface area contributed by atoms with Gasteiger partial charge in [-0.2, -0.15) is 4.99 Å². The van der Waals surface area contributed by atoms with E-state index in [0.717, 1.165) is 10.6 Å². The Hall–Kier alpha value is -2.65. The Morgan fingerprint density at radius 1 is 1.30 bits per heavy atom. The molecular weight excluding hydrogens is 384 g/mol. The topological polar surface area (TPSA) is 76.9 Å². The molecule has 1 aromatic heterocycles. The Balaban J connectivity index is 1.97. The lowest BCUT2D eigenvalue weighted by Crippen LogP contribution is -2.29. The van der Waals surface area contributed by atoms with Crippen molar-refractivity contribution >= 4 is 45.4 Å². The molecule has 0 saturated carbocycles. The van der Waals surface area contributed by atoms with Gasteiger partial charge >= 0.3 is 0 Å². The fraction of sp³-hybridized carbons (Fsp3) is 0.222. The lowest BCUT2D eigenvalue weighted by Gasteiger charge is -2.11. The van der Waals surface area contributed by atoms with Crippen molar-refractivity contribution in [2.45, 2.75) is 6.92 Å². The summed E-state index contributed by atoms with van der Waals surface area (Å²) in [5, 5.41) is 9.85. The average Bonchev–Trinajstić information content (AvgIpc) is 3.20. The molecule has 1 amide bonds. The molecule has 9 heteroatoms. The van der Waals surface area contributed by atoms with Gasteiger partial charge in [-0.05, 0) is 36.9 Å². The second kappa shape index (κ2) is 8.36. The van der Waals surface area contributed by atoms with E-state index in [-0.39, 0.29) is 5.91 Å². The maximum Gasteiger partial charge on any atom is 0.267 e. The van der Waals surface area contributed by atoms with E-state index in [0.29, 0.717) is 33.2 Å². The molecule has 1 aliphatic heterocycles. The van der Waals surface area contributed by atoms with Crippen molar-refractivity contribution in [3.63, 3.8) is 0 Å². The summed E-state index contributed by atoms with van der Waals surface area (Å²) in [5.41, 5.74) is 0.778. The molecule has 2 heterocycles. The van der Waals surface area contributed by atoms with Crippen LogP contribution in [-0.2, 0) is 4.79 Å². The van der Waals surface area contributed by atoms with Gasteiger partial charge in [0, 0.05) is 18.2 Å². The summed E-state index contributed by atoms with van der Waals surface area (Å²) in [4.78, 5) is 19.4. The van der Waals surface area contributed by atoms with E-state index in [1.54, 1.807) is 37.3 Å². The number of rotatable bonds is 6. The number of carbonyl (C=O) groups is 1. The van der Waals surface area contributed by atoms with Gasteiger partial charge in [-0.15, -0.1) is 16.8 Å². The fourth-order valence-corrected chi connectivity index (χ4v) is 3.97. The molecule has 0 aliphatic carbocycles. The largest absolute Gasteiger partial charge is 0.497 e. The number of amidine groups is 1. The van der Waals surface area contributed by atoms with Gasteiger partial charge in [-0.3, -0.25) is 9.69 Å². The standard InChI is InChI=1S/C18H18N4O3S2/c1-5-8-22-16(23)15(27-18(22)19-17-21-20-11(2)26-17)9-12-6-7-13(24-3)10-14(12)25-4/h5-7,9-10H,1,8H2,2-4H3/b15-9+,19-18?. The predicted octanol–water partition coefficient (Wildman–Crippen LogP) is 3.65. The minimum absolute atomic E-state index is 0.141. The van der Waals surface area contributed by atoms with Crippen LogP contribution in [0.15, 0.2) is 40.8 Å². The van der Waals surface area contributed by atoms with Gasteiger partial charge in [-0.25, -0.2) is 0 Å². The van der Waals surface area contributed by atoms with Gasteiger partial charge < -0.3 is 9.47 Å². The van der Waals surface area contributed by atoms with Crippen molar-refractivity contribution in [3.8, 4) is 11.5 Å². The first-order chi connectivity index (χ1) is 13.0. The average molecular weight is 403 g/mol. The van der Waals surface area contributed by atoms with Crippen molar-refractivity contribution in [2.75, 3.05) is 20.8 Å². The smallest absolute Gasteiger partial charge is 0.267 e. The predicted molar refractivity (Wildman–Crippen MR) is 109 cm³/mol. The second-order valence-corrected chi connectivity index (χ2v) is 7.59. The molecule has 0 atom stereocenters. The molecule has 7 nitrogen and oxygen atoms in total. The van der Waals surface area contributed by atoms with Crippen LogP contribution in [0.5, 0.6) is 11.5 Å². The number of ether oxygens (including phenoxy) is 2. The quantitative estimate of drug-likeness (QED) is 0.542. The molecule has 140 valence electrons. The minimum Gasteiger partial charge on any atom is -0.497 e. The van der Waals surface area contributed by atoms with Gasteiger partial charge in [0.25, 0.3) is 5.91 Å². The van der Waals surface area contributed by atoms with Crippen LogP contribution in [0.2, 0.25) is 0 Å². The lowest BCUT2D eigenvalue weighted by molar-refractivity contribution is -0.121. The summed E-state index contributed by atoms with van der Waals surface area (Å²) in [7, 11) is 3.17. The van der Waals surface area contributed by atoms with Crippen LogP contribution in [0.25, 0.3) is 6.08 Å². The van der Waals surface area contributed by atoms with E-state index in [9.17, 15) is 4.79 Å². The summed E-state index contributed by atoms with van der Waals surface area (Å²) in [6, 6.07) is 5.44. The summed E-state index contributed by atoms with van der Waals surface area (Å²) in [6.45, 7) is 5.94. The van der Waals surface area contributed by atoms with Gasteiger partial charge in [0.05, 0.1) is 19.1 Å². The van der Waals surface area contributed by atoms with Crippen molar-refractivity contribution in [1.82, 2.24) is 15.1 Å². The normalized spacial score (nSPS) is 17.0. The number of aromatic nitrogens is 2. The molecule has 0 bridgehead atoms. The molecule has 0 spiro atoms. The summed E-state index contributed by atoms with van der Waals surface area (Å²) in [5.74, 6) is 1.16.